The Hall–Kier alpha value is -5.63. The Labute approximate surface area is 296 Å². The molecule has 1 unspecified atom stereocenters. The van der Waals surface area contributed by atoms with E-state index in [0.717, 1.165) is 17.7 Å². The smallest absolute Gasteiger partial charge is 0.305 e. The molecule has 0 bridgehead atoms. The predicted octanol–water partition coefficient (Wildman–Crippen LogP) is 3.30. The summed E-state index contributed by atoms with van der Waals surface area (Å²) in [7, 11) is 4.51. The number of para-hydroxylation sites is 1. The summed E-state index contributed by atoms with van der Waals surface area (Å²) in [6, 6.07) is 15.2. The molecule has 3 aromatic rings. The second kappa shape index (κ2) is 18.4. The molecule has 1 heterocycles. The summed E-state index contributed by atoms with van der Waals surface area (Å²) in [6.45, 7) is 1.51. The molecule has 0 saturated carbocycles. The van der Waals surface area contributed by atoms with E-state index in [0.29, 0.717) is 59.0 Å². The van der Waals surface area contributed by atoms with Gasteiger partial charge in [-0.3, -0.25) is 24.0 Å². The zero-order chi connectivity index (χ0) is 36.9. The van der Waals surface area contributed by atoms with Gasteiger partial charge in [-0.15, -0.1) is 0 Å². The number of aliphatic hydroxyl groups is 1. The number of methoxy groups -OCH3 is 2. The second-order valence-corrected chi connectivity index (χ2v) is 12.0. The standard InChI is InChI=1S/C37H45N5O9/c1-23(40-34(45)20-39-33(44)11-7-8-12-35(46)50-4)36(47)41-27-16-24(21-43)15-25(17-27)22-51-32-19-29(38-2)28(18-31(32)49-3)37(48)42-14-13-26-9-5-6-10-30(26)42/h5-6,9-10,15-19,23,38,43H,7-8,11-14,20-22H2,1-4H3,(H,39,44)(H,40,45)(H,41,47). The number of carbonyl (C=O) groups is 5. The lowest BCUT2D eigenvalue weighted by Gasteiger charge is -2.21. The summed E-state index contributed by atoms with van der Waals surface area (Å²) in [5.74, 6) is -1.18. The van der Waals surface area contributed by atoms with Gasteiger partial charge in [-0.2, -0.15) is 0 Å². The quantitative estimate of drug-likeness (QED) is 0.103. The fourth-order valence-corrected chi connectivity index (χ4v) is 5.61. The van der Waals surface area contributed by atoms with Crippen molar-refractivity contribution < 1.29 is 43.3 Å². The molecular weight excluding hydrogens is 658 g/mol. The maximum atomic E-state index is 13.7. The van der Waals surface area contributed by atoms with E-state index < -0.39 is 17.9 Å². The van der Waals surface area contributed by atoms with Crippen molar-refractivity contribution in [3.8, 4) is 11.5 Å². The van der Waals surface area contributed by atoms with Crippen molar-refractivity contribution in [1.29, 1.82) is 0 Å². The largest absolute Gasteiger partial charge is 0.493 e. The van der Waals surface area contributed by atoms with E-state index in [9.17, 15) is 29.1 Å². The van der Waals surface area contributed by atoms with Crippen molar-refractivity contribution in [2.75, 3.05) is 49.9 Å². The topological polar surface area (TPSA) is 185 Å². The fraction of sp³-hybridized carbons (Fsp3) is 0.378. The maximum absolute atomic E-state index is 13.7. The van der Waals surface area contributed by atoms with Gasteiger partial charge in [0.1, 0.15) is 12.6 Å². The van der Waals surface area contributed by atoms with Crippen LogP contribution in [0.4, 0.5) is 17.1 Å². The van der Waals surface area contributed by atoms with Gasteiger partial charge in [0.15, 0.2) is 11.5 Å². The highest BCUT2D eigenvalue weighted by molar-refractivity contribution is 6.11. The Bertz CT molecular complexity index is 1750. The van der Waals surface area contributed by atoms with E-state index in [-0.39, 0.29) is 50.4 Å². The average Bonchev–Trinajstić information content (AvgIpc) is 3.58. The van der Waals surface area contributed by atoms with E-state index in [1.54, 1.807) is 42.3 Å². The number of hydrogen-bond acceptors (Lipinski definition) is 10. The van der Waals surface area contributed by atoms with Crippen molar-refractivity contribution >= 4 is 46.7 Å². The molecule has 272 valence electrons. The summed E-state index contributed by atoms with van der Waals surface area (Å²) in [6.07, 6.45) is 2.10. The number of rotatable bonds is 17. The van der Waals surface area contributed by atoms with Crippen LogP contribution in [0.15, 0.2) is 54.6 Å². The molecule has 0 aliphatic carbocycles. The zero-order valence-electron chi connectivity index (χ0n) is 29.3. The Morgan fingerprint density at radius 1 is 0.922 bits per heavy atom. The molecule has 0 spiro atoms. The summed E-state index contributed by atoms with van der Waals surface area (Å²) in [4.78, 5) is 63.9. The van der Waals surface area contributed by atoms with Crippen LogP contribution in [0, 0.1) is 0 Å². The highest BCUT2D eigenvalue weighted by Gasteiger charge is 2.28. The van der Waals surface area contributed by atoms with Crippen molar-refractivity contribution in [2.24, 2.45) is 0 Å². The van der Waals surface area contributed by atoms with Crippen molar-refractivity contribution in [3.63, 3.8) is 0 Å². The number of unbranched alkanes of at least 4 members (excludes halogenated alkanes) is 1. The minimum atomic E-state index is -0.938. The van der Waals surface area contributed by atoms with Gasteiger partial charge >= 0.3 is 5.97 Å². The first-order valence-electron chi connectivity index (χ1n) is 16.7. The Balaban J connectivity index is 1.35. The second-order valence-electron chi connectivity index (χ2n) is 12.0. The SMILES string of the molecule is CNc1cc(OCc2cc(CO)cc(NC(=O)C(C)NC(=O)CNC(=O)CCCCC(=O)OC)c2)c(OC)cc1C(=O)N1CCc2ccccc21. The van der Waals surface area contributed by atoms with Gasteiger partial charge in [0.25, 0.3) is 5.91 Å². The van der Waals surface area contributed by atoms with Gasteiger partial charge in [-0.05, 0) is 73.2 Å². The number of anilines is 3. The van der Waals surface area contributed by atoms with Crippen LogP contribution >= 0.6 is 0 Å². The molecule has 3 aromatic carbocycles. The third-order valence-electron chi connectivity index (χ3n) is 8.31. The van der Waals surface area contributed by atoms with E-state index in [1.165, 1.54) is 21.1 Å². The molecule has 14 nitrogen and oxygen atoms in total. The lowest BCUT2D eigenvalue weighted by molar-refractivity contribution is -0.140. The molecule has 4 rings (SSSR count). The maximum Gasteiger partial charge on any atom is 0.305 e. The highest BCUT2D eigenvalue weighted by Crippen LogP contribution is 2.37. The molecule has 0 fully saturated rings. The average molecular weight is 704 g/mol. The Morgan fingerprint density at radius 3 is 2.39 bits per heavy atom. The number of nitrogens with one attached hydrogen (secondary N) is 4. The zero-order valence-corrected chi connectivity index (χ0v) is 29.3. The molecule has 1 aliphatic rings. The normalized spacial score (nSPS) is 12.3. The van der Waals surface area contributed by atoms with Gasteiger partial charge in [-0.25, -0.2) is 0 Å². The third-order valence-corrected chi connectivity index (χ3v) is 8.31. The van der Waals surface area contributed by atoms with Crippen molar-refractivity contribution in [2.45, 2.75) is 58.3 Å². The van der Waals surface area contributed by atoms with Crippen LogP contribution < -0.4 is 35.6 Å². The molecule has 1 aliphatic heterocycles. The van der Waals surface area contributed by atoms with Crippen LogP contribution in [0.2, 0.25) is 0 Å². The highest BCUT2D eigenvalue weighted by atomic mass is 16.5. The monoisotopic (exact) mass is 703 g/mol. The molecule has 0 saturated heterocycles. The Morgan fingerprint density at radius 2 is 1.67 bits per heavy atom. The first-order chi connectivity index (χ1) is 24.6. The molecule has 0 aromatic heterocycles. The summed E-state index contributed by atoms with van der Waals surface area (Å²) in [5, 5.41) is 20.8. The van der Waals surface area contributed by atoms with Gasteiger partial charge in [-0.1, -0.05) is 18.2 Å². The summed E-state index contributed by atoms with van der Waals surface area (Å²) >= 11 is 0. The number of esters is 1. The van der Waals surface area contributed by atoms with Crippen LogP contribution in [0.1, 0.15) is 59.7 Å². The number of ether oxygens (including phenoxy) is 3. The van der Waals surface area contributed by atoms with Crippen LogP contribution in [-0.2, 0) is 43.5 Å². The number of amides is 4. The molecule has 0 radical (unpaired) electrons. The van der Waals surface area contributed by atoms with Crippen LogP contribution in [0.3, 0.4) is 0 Å². The lowest BCUT2D eigenvalue weighted by Crippen LogP contribution is -2.45. The molecule has 5 N–H and O–H groups in total. The fourth-order valence-electron chi connectivity index (χ4n) is 5.61. The van der Waals surface area contributed by atoms with E-state index >= 15 is 0 Å². The predicted molar refractivity (Wildman–Crippen MR) is 191 cm³/mol. The van der Waals surface area contributed by atoms with Crippen LogP contribution in [-0.4, -0.2) is 75.1 Å². The van der Waals surface area contributed by atoms with E-state index in [2.05, 4.69) is 26.0 Å². The van der Waals surface area contributed by atoms with Gasteiger partial charge < -0.3 is 45.5 Å². The molecule has 14 heteroatoms. The van der Waals surface area contributed by atoms with Crippen molar-refractivity contribution in [1.82, 2.24) is 10.6 Å². The Kier molecular flexibility index (Phi) is 13.8. The molecule has 4 amide bonds. The minimum Gasteiger partial charge on any atom is -0.493 e. The van der Waals surface area contributed by atoms with Crippen LogP contribution in [0.5, 0.6) is 11.5 Å². The van der Waals surface area contributed by atoms with Gasteiger partial charge in [0, 0.05) is 43.9 Å². The molecule has 1 atom stereocenters. The first-order valence-corrected chi connectivity index (χ1v) is 16.7. The summed E-state index contributed by atoms with van der Waals surface area (Å²) in [5.41, 5.74) is 4.52. The van der Waals surface area contributed by atoms with Gasteiger partial charge in [0.05, 0.1) is 38.6 Å². The van der Waals surface area contributed by atoms with E-state index in [4.69, 9.17) is 9.47 Å². The first kappa shape index (κ1) is 38.2. The van der Waals surface area contributed by atoms with Gasteiger partial charge in [0.2, 0.25) is 17.7 Å². The van der Waals surface area contributed by atoms with E-state index in [1.807, 2.05) is 24.3 Å². The molecule has 51 heavy (non-hydrogen) atoms. The van der Waals surface area contributed by atoms with Crippen molar-refractivity contribution in [3.05, 3.63) is 76.9 Å². The number of carbonyl (C=O) groups excluding carboxylic acids is 5. The number of hydrogen-bond donors (Lipinski definition) is 5. The number of aliphatic hydroxyl groups excluding tert-OH is 1. The number of nitrogens with zero attached hydrogens (tertiary/aromatic N) is 1. The number of benzene rings is 3. The van der Waals surface area contributed by atoms with Crippen LogP contribution in [0.25, 0.3) is 0 Å². The lowest BCUT2D eigenvalue weighted by atomic mass is 10.1. The molecular formula is C37H45N5O9. The summed E-state index contributed by atoms with van der Waals surface area (Å²) < 4.78 is 16.3. The number of fused-ring (bicyclic) bond motifs is 1. The third kappa shape index (κ3) is 10.4. The minimum absolute atomic E-state index is 0.0394.